The fourth-order valence-electron chi connectivity index (χ4n) is 2.74. The van der Waals surface area contributed by atoms with Crippen LogP contribution in [0.1, 0.15) is 50.2 Å². The average Bonchev–Trinajstić information content (AvgIpc) is 2.43. The van der Waals surface area contributed by atoms with Gasteiger partial charge in [-0.3, -0.25) is 4.79 Å². The molecule has 20 heavy (non-hydrogen) atoms. The maximum absolute atomic E-state index is 12.2. The van der Waals surface area contributed by atoms with Gasteiger partial charge in [-0.15, -0.1) is 0 Å². The molecule has 3 nitrogen and oxygen atoms in total. The molecule has 1 aliphatic rings. The summed E-state index contributed by atoms with van der Waals surface area (Å²) in [5.41, 5.74) is 2.27. The number of hydrogen-bond donors (Lipinski definition) is 1. The van der Waals surface area contributed by atoms with E-state index < -0.39 is 6.10 Å². The van der Waals surface area contributed by atoms with Crippen LogP contribution in [-0.4, -0.2) is 18.1 Å². The highest BCUT2D eigenvalue weighted by molar-refractivity contribution is 5.81. The number of ether oxygens (including phenoxy) is 1. The quantitative estimate of drug-likeness (QED) is 0.913. The van der Waals surface area contributed by atoms with E-state index in [9.17, 15) is 4.79 Å². The van der Waals surface area contributed by atoms with Gasteiger partial charge in [0.1, 0.15) is 5.75 Å². The topological polar surface area (TPSA) is 38.3 Å². The Labute approximate surface area is 121 Å². The number of carbonyl (C=O) groups excluding carboxylic acids is 1. The molecule has 2 rings (SSSR count). The molecule has 0 spiro atoms. The van der Waals surface area contributed by atoms with Gasteiger partial charge in [0.05, 0.1) is 0 Å². The monoisotopic (exact) mass is 275 g/mol. The summed E-state index contributed by atoms with van der Waals surface area (Å²) >= 11 is 0. The van der Waals surface area contributed by atoms with Crippen LogP contribution in [0, 0.1) is 13.8 Å². The van der Waals surface area contributed by atoms with Crippen molar-refractivity contribution >= 4 is 5.91 Å². The number of amides is 1. The Balaban J connectivity index is 1.89. The first kappa shape index (κ1) is 14.9. The van der Waals surface area contributed by atoms with Crippen LogP contribution in [0.4, 0.5) is 0 Å². The Bertz CT molecular complexity index is 464. The van der Waals surface area contributed by atoms with Crippen molar-refractivity contribution < 1.29 is 9.53 Å². The predicted molar refractivity (Wildman–Crippen MR) is 81.0 cm³/mol. The zero-order valence-electron chi connectivity index (χ0n) is 12.7. The number of hydrogen-bond acceptors (Lipinski definition) is 2. The molecule has 1 fully saturated rings. The van der Waals surface area contributed by atoms with E-state index >= 15 is 0 Å². The van der Waals surface area contributed by atoms with Crippen LogP contribution in [0.15, 0.2) is 18.2 Å². The van der Waals surface area contributed by atoms with Crippen molar-refractivity contribution in [2.45, 2.75) is 65.0 Å². The maximum atomic E-state index is 12.2. The van der Waals surface area contributed by atoms with E-state index in [1.54, 1.807) is 0 Å². The number of rotatable bonds is 4. The van der Waals surface area contributed by atoms with Gasteiger partial charge in [0, 0.05) is 6.04 Å². The first-order chi connectivity index (χ1) is 9.56. The summed E-state index contributed by atoms with van der Waals surface area (Å²) < 4.78 is 5.79. The molecule has 1 atom stereocenters. The van der Waals surface area contributed by atoms with Crippen molar-refractivity contribution in [3.05, 3.63) is 29.3 Å². The fourth-order valence-corrected chi connectivity index (χ4v) is 2.74. The van der Waals surface area contributed by atoms with Gasteiger partial charge in [-0.25, -0.2) is 0 Å². The van der Waals surface area contributed by atoms with Crippen molar-refractivity contribution in [2.24, 2.45) is 0 Å². The second-order valence-electron chi connectivity index (χ2n) is 5.87. The Morgan fingerprint density at radius 1 is 1.25 bits per heavy atom. The summed E-state index contributed by atoms with van der Waals surface area (Å²) in [5.74, 6) is 0.791. The minimum absolute atomic E-state index is 0.00289. The molecule has 0 unspecified atom stereocenters. The molecule has 3 heteroatoms. The molecule has 1 N–H and O–H groups in total. The van der Waals surface area contributed by atoms with Crippen LogP contribution >= 0.6 is 0 Å². The van der Waals surface area contributed by atoms with Crippen molar-refractivity contribution in [1.29, 1.82) is 0 Å². The van der Waals surface area contributed by atoms with E-state index in [0.717, 1.165) is 24.2 Å². The second kappa shape index (κ2) is 6.78. The van der Waals surface area contributed by atoms with Gasteiger partial charge in [0.25, 0.3) is 5.91 Å². The number of benzene rings is 1. The van der Waals surface area contributed by atoms with Crippen molar-refractivity contribution in [3.63, 3.8) is 0 Å². The van der Waals surface area contributed by atoms with Crippen LogP contribution in [0.2, 0.25) is 0 Å². The van der Waals surface area contributed by atoms with Crippen LogP contribution in [0.3, 0.4) is 0 Å². The molecule has 0 bridgehead atoms. The summed E-state index contributed by atoms with van der Waals surface area (Å²) in [6, 6.07) is 6.35. The lowest BCUT2D eigenvalue weighted by molar-refractivity contribution is -0.128. The van der Waals surface area contributed by atoms with E-state index in [4.69, 9.17) is 4.74 Å². The summed E-state index contributed by atoms with van der Waals surface area (Å²) in [6.45, 7) is 5.88. The smallest absolute Gasteiger partial charge is 0.260 e. The van der Waals surface area contributed by atoms with E-state index in [0.29, 0.717) is 6.04 Å². The van der Waals surface area contributed by atoms with Crippen molar-refractivity contribution in [3.8, 4) is 5.75 Å². The zero-order valence-corrected chi connectivity index (χ0v) is 12.7. The highest BCUT2D eigenvalue weighted by Gasteiger charge is 2.21. The summed E-state index contributed by atoms with van der Waals surface area (Å²) in [7, 11) is 0. The zero-order chi connectivity index (χ0) is 14.5. The highest BCUT2D eigenvalue weighted by atomic mass is 16.5. The third-order valence-corrected chi connectivity index (χ3v) is 3.95. The van der Waals surface area contributed by atoms with Crippen LogP contribution in [0.5, 0.6) is 5.75 Å². The largest absolute Gasteiger partial charge is 0.481 e. The van der Waals surface area contributed by atoms with Crippen molar-refractivity contribution in [1.82, 2.24) is 5.32 Å². The molecule has 1 aromatic rings. The Morgan fingerprint density at radius 3 is 2.60 bits per heavy atom. The molecule has 0 heterocycles. The lowest BCUT2D eigenvalue weighted by Crippen LogP contribution is -2.43. The van der Waals surface area contributed by atoms with Crippen LogP contribution < -0.4 is 10.1 Å². The van der Waals surface area contributed by atoms with Crippen LogP contribution in [-0.2, 0) is 4.79 Å². The maximum Gasteiger partial charge on any atom is 0.260 e. The van der Waals surface area contributed by atoms with Gasteiger partial charge in [-0.05, 0) is 45.2 Å². The van der Waals surface area contributed by atoms with Gasteiger partial charge in [0.2, 0.25) is 0 Å². The van der Waals surface area contributed by atoms with E-state index in [-0.39, 0.29) is 5.91 Å². The molecule has 0 aliphatic heterocycles. The van der Waals surface area contributed by atoms with Gasteiger partial charge < -0.3 is 10.1 Å². The van der Waals surface area contributed by atoms with Crippen LogP contribution in [0.25, 0.3) is 0 Å². The lowest BCUT2D eigenvalue weighted by Gasteiger charge is -2.25. The molecular formula is C17H25NO2. The first-order valence-electron chi connectivity index (χ1n) is 7.60. The van der Waals surface area contributed by atoms with E-state index in [1.165, 1.54) is 24.8 Å². The standard InChI is InChI=1S/C17H25NO2/c1-12-9-10-16(13(2)11-12)20-14(3)17(19)18-15-7-5-4-6-8-15/h9-11,14-15H,4-8H2,1-3H3,(H,18,19)/t14-/m1/s1. The summed E-state index contributed by atoms with van der Waals surface area (Å²) in [4.78, 5) is 12.2. The normalized spacial score (nSPS) is 17.6. The minimum atomic E-state index is -0.446. The predicted octanol–water partition coefficient (Wildman–Crippen LogP) is 3.52. The Hall–Kier alpha value is -1.51. The third kappa shape index (κ3) is 3.99. The van der Waals surface area contributed by atoms with Crippen molar-refractivity contribution in [2.75, 3.05) is 0 Å². The lowest BCUT2D eigenvalue weighted by atomic mass is 9.95. The number of aryl methyl sites for hydroxylation is 2. The fraction of sp³-hybridized carbons (Fsp3) is 0.588. The molecule has 1 aliphatic carbocycles. The molecule has 1 amide bonds. The molecule has 1 saturated carbocycles. The number of nitrogens with one attached hydrogen (secondary N) is 1. The van der Waals surface area contributed by atoms with Gasteiger partial charge in [-0.2, -0.15) is 0 Å². The summed E-state index contributed by atoms with van der Waals surface area (Å²) in [5, 5.41) is 3.11. The molecular weight excluding hydrogens is 250 g/mol. The molecule has 0 radical (unpaired) electrons. The highest BCUT2D eigenvalue weighted by Crippen LogP contribution is 2.21. The molecule has 0 aromatic heterocycles. The SMILES string of the molecule is Cc1ccc(O[C@H](C)C(=O)NC2CCCCC2)c(C)c1. The molecule has 0 saturated heterocycles. The Morgan fingerprint density at radius 2 is 1.95 bits per heavy atom. The molecule has 110 valence electrons. The average molecular weight is 275 g/mol. The van der Waals surface area contributed by atoms with Gasteiger partial charge >= 0.3 is 0 Å². The van der Waals surface area contributed by atoms with Gasteiger partial charge in [-0.1, -0.05) is 37.0 Å². The minimum Gasteiger partial charge on any atom is -0.481 e. The first-order valence-corrected chi connectivity index (χ1v) is 7.60. The molecule has 1 aromatic carbocycles. The van der Waals surface area contributed by atoms with E-state index in [2.05, 4.69) is 18.3 Å². The third-order valence-electron chi connectivity index (χ3n) is 3.95. The Kier molecular flexibility index (Phi) is 5.05. The summed E-state index contributed by atoms with van der Waals surface area (Å²) in [6.07, 6.45) is 5.48. The van der Waals surface area contributed by atoms with E-state index in [1.807, 2.05) is 26.0 Å². The number of carbonyl (C=O) groups is 1. The van der Waals surface area contributed by atoms with Gasteiger partial charge in [0.15, 0.2) is 6.10 Å². The second-order valence-corrected chi connectivity index (χ2v) is 5.87.